The topological polar surface area (TPSA) is 154 Å². The molecule has 4 atom stereocenters. The highest BCUT2D eigenvalue weighted by molar-refractivity contribution is 5.93. The summed E-state index contributed by atoms with van der Waals surface area (Å²) in [5, 5.41) is 18.0. The number of nitrogens with zero attached hydrogens (tertiary/aromatic N) is 1. The van der Waals surface area contributed by atoms with Crippen molar-refractivity contribution in [3.63, 3.8) is 0 Å². The van der Waals surface area contributed by atoms with Gasteiger partial charge in [0.15, 0.2) is 0 Å². The second-order valence-electron chi connectivity index (χ2n) is 13.3. The monoisotopic (exact) mass is 601 g/mol. The molecule has 0 spiro atoms. The predicted molar refractivity (Wildman–Crippen MR) is 171 cm³/mol. The van der Waals surface area contributed by atoms with Gasteiger partial charge >= 0.3 is 5.97 Å². The molecule has 10 heteroatoms. The zero-order valence-electron chi connectivity index (χ0n) is 27.8. The molecule has 0 fully saturated rings. The Morgan fingerprint density at radius 2 is 1.58 bits per heavy atom. The molecule has 0 heterocycles. The fourth-order valence-corrected chi connectivity index (χ4v) is 5.12. The van der Waals surface area contributed by atoms with Crippen molar-refractivity contribution in [1.29, 1.82) is 0 Å². The van der Waals surface area contributed by atoms with Gasteiger partial charge in [0.1, 0.15) is 12.1 Å². The summed E-state index contributed by atoms with van der Waals surface area (Å²) < 4.78 is 0. The van der Waals surface area contributed by atoms with Crippen LogP contribution in [0.25, 0.3) is 0 Å². The van der Waals surface area contributed by atoms with Crippen LogP contribution in [0.15, 0.2) is 42.0 Å². The molecule has 43 heavy (non-hydrogen) atoms. The summed E-state index contributed by atoms with van der Waals surface area (Å²) in [5.74, 6) is -1.81. The SMILES string of the molecule is CN[C@H](C(=O)NC(C(=O)N(C)[C@H](/C=C(\C)C(=O)NCCCC[C@@H](N)C(=O)O)C(C)C)C(C)(C)C)C(C)(C)c1ccccc1. The first kappa shape index (κ1) is 37.8. The zero-order chi connectivity index (χ0) is 33.1. The van der Waals surface area contributed by atoms with Crippen LogP contribution in [0.1, 0.15) is 80.2 Å². The number of nitrogens with one attached hydrogen (secondary N) is 3. The number of nitrogens with two attached hydrogens (primary N) is 1. The number of aliphatic carboxylic acids is 1. The highest BCUT2D eigenvalue weighted by Crippen LogP contribution is 2.29. The summed E-state index contributed by atoms with van der Waals surface area (Å²) >= 11 is 0. The fraction of sp³-hybridized carbons (Fsp3) is 0.636. The van der Waals surface area contributed by atoms with Gasteiger partial charge in [0, 0.05) is 24.6 Å². The van der Waals surface area contributed by atoms with Gasteiger partial charge in [-0.3, -0.25) is 19.2 Å². The summed E-state index contributed by atoms with van der Waals surface area (Å²) in [7, 11) is 3.45. The summed E-state index contributed by atoms with van der Waals surface area (Å²) in [6.07, 6.45) is 3.31. The van der Waals surface area contributed by atoms with Gasteiger partial charge in [-0.05, 0) is 50.1 Å². The first-order valence-electron chi connectivity index (χ1n) is 15.1. The van der Waals surface area contributed by atoms with Crippen molar-refractivity contribution in [3.05, 3.63) is 47.5 Å². The summed E-state index contributed by atoms with van der Waals surface area (Å²) in [4.78, 5) is 53.0. The highest BCUT2D eigenvalue weighted by atomic mass is 16.4. The minimum atomic E-state index is -1.03. The van der Waals surface area contributed by atoms with E-state index >= 15 is 0 Å². The third-order valence-electron chi connectivity index (χ3n) is 7.99. The molecule has 242 valence electrons. The second-order valence-corrected chi connectivity index (χ2v) is 13.3. The number of carbonyl (C=O) groups excluding carboxylic acids is 3. The van der Waals surface area contributed by atoms with E-state index in [1.54, 1.807) is 32.0 Å². The molecule has 0 aliphatic rings. The van der Waals surface area contributed by atoms with Crippen LogP contribution in [0.3, 0.4) is 0 Å². The van der Waals surface area contributed by atoms with E-state index < -0.39 is 41.0 Å². The number of carboxylic acid groups (broad SMARTS) is 1. The summed E-state index contributed by atoms with van der Waals surface area (Å²) in [6, 6.07) is 7.10. The average Bonchev–Trinajstić information content (AvgIpc) is 2.93. The maximum Gasteiger partial charge on any atom is 0.320 e. The summed E-state index contributed by atoms with van der Waals surface area (Å²) in [5.41, 5.74) is 5.86. The van der Waals surface area contributed by atoms with Gasteiger partial charge in [0.05, 0.1) is 12.1 Å². The lowest BCUT2D eigenvalue weighted by molar-refractivity contribution is -0.141. The molecule has 0 aliphatic heterocycles. The lowest BCUT2D eigenvalue weighted by Crippen LogP contribution is -2.61. The van der Waals surface area contributed by atoms with E-state index in [2.05, 4.69) is 16.0 Å². The molecular formula is C33H55N5O5. The van der Waals surface area contributed by atoms with Crippen LogP contribution < -0.4 is 21.7 Å². The average molecular weight is 602 g/mol. The molecule has 0 saturated heterocycles. The first-order chi connectivity index (χ1) is 19.9. The number of hydrogen-bond acceptors (Lipinski definition) is 6. The van der Waals surface area contributed by atoms with Crippen LogP contribution in [0.2, 0.25) is 0 Å². The second kappa shape index (κ2) is 16.6. The third kappa shape index (κ3) is 11.1. The van der Waals surface area contributed by atoms with E-state index in [1.807, 2.05) is 78.8 Å². The fourth-order valence-electron chi connectivity index (χ4n) is 5.12. The number of carbonyl (C=O) groups is 4. The van der Waals surface area contributed by atoms with E-state index in [0.29, 0.717) is 31.4 Å². The minimum Gasteiger partial charge on any atom is -0.480 e. The highest BCUT2D eigenvalue weighted by Gasteiger charge is 2.41. The Balaban J connectivity index is 3.08. The Hall–Kier alpha value is -3.24. The van der Waals surface area contributed by atoms with E-state index in [1.165, 1.54) is 0 Å². The van der Waals surface area contributed by atoms with Crippen LogP contribution in [-0.2, 0) is 24.6 Å². The van der Waals surface area contributed by atoms with Crippen molar-refractivity contribution >= 4 is 23.7 Å². The van der Waals surface area contributed by atoms with Crippen LogP contribution in [-0.4, -0.2) is 78.5 Å². The van der Waals surface area contributed by atoms with Gasteiger partial charge < -0.3 is 31.7 Å². The van der Waals surface area contributed by atoms with Gasteiger partial charge in [-0.15, -0.1) is 0 Å². The maximum absolute atomic E-state index is 14.0. The van der Waals surface area contributed by atoms with Crippen molar-refractivity contribution in [3.8, 4) is 0 Å². The largest absolute Gasteiger partial charge is 0.480 e. The zero-order valence-corrected chi connectivity index (χ0v) is 27.8. The first-order valence-corrected chi connectivity index (χ1v) is 15.1. The van der Waals surface area contributed by atoms with Crippen LogP contribution in [0.4, 0.5) is 0 Å². The Morgan fingerprint density at radius 1 is 1.00 bits per heavy atom. The molecule has 10 nitrogen and oxygen atoms in total. The normalized spacial score (nSPS) is 15.3. The predicted octanol–water partition coefficient (Wildman–Crippen LogP) is 3.21. The quantitative estimate of drug-likeness (QED) is 0.144. The number of unbranched alkanes of at least 4 members (excludes halogenated alkanes) is 1. The molecule has 3 amide bonds. The Kier molecular flexibility index (Phi) is 14.6. The molecule has 1 unspecified atom stereocenters. The van der Waals surface area contributed by atoms with E-state index in [9.17, 15) is 19.2 Å². The molecule has 0 radical (unpaired) electrons. The number of rotatable bonds is 16. The van der Waals surface area contributed by atoms with Gasteiger partial charge in [-0.2, -0.15) is 0 Å². The standard InChI is InChI=1S/C33H55N5O5/c1-21(2)25(20-22(3)28(39)36-19-15-14-18-24(34)31(42)43)38(10)30(41)27(32(4,5)6)37-29(40)26(35-9)33(7,8)23-16-12-11-13-17-23/h11-13,16-17,20-21,24-27,35H,14-15,18-19,34H2,1-10H3,(H,36,39)(H,37,40)(H,42,43)/b22-20+/t24-,25-,26-,27?/m1/s1. The molecule has 0 saturated carbocycles. The van der Waals surface area contributed by atoms with Gasteiger partial charge in [-0.1, -0.05) is 84.9 Å². The van der Waals surface area contributed by atoms with Crippen molar-refractivity contribution in [2.24, 2.45) is 17.1 Å². The van der Waals surface area contributed by atoms with Crippen molar-refractivity contribution in [2.75, 3.05) is 20.6 Å². The number of hydrogen-bond donors (Lipinski definition) is 5. The van der Waals surface area contributed by atoms with Crippen molar-refractivity contribution in [1.82, 2.24) is 20.9 Å². The van der Waals surface area contributed by atoms with Crippen LogP contribution in [0, 0.1) is 11.3 Å². The smallest absolute Gasteiger partial charge is 0.320 e. The molecule has 0 aromatic heterocycles. The van der Waals surface area contributed by atoms with Crippen molar-refractivity contribution < 1.29 is 24.3 Å². The van der Waals surface area contributed by atoms with Crippen LogP contribution >= 0.6 is 0 Å². The number of carboxylic acids is 1. The third-order valence-corrected chi connectivity index (χ3v) is 7.99. The molecule has 0 bridgehead atoms. The van der Waals surface area contributed by atoms with Gasteiger partial charge in [0.2, 0.25) is 17.7 Å². The Morgan fingerprint density at radius 3 is 2.07 bits per heavy atom. The number of likely N-dealkylation sites (N-methyl/N-ethyl adjacent to an activating group) is 2. The van der Waals surface area contributed by atoms with Gasteiger partial charge in [-0.25, -0.2) is 0 Å². The number of amides is 3. The summed E-state index contributed by atoms with van der Waals surface area (Å²) in [6.45, 7) is 15.8. The maximum atomic E-state index is 14.0. The number of benzene rings is 1. The van der Waals surface area contributed by atoms with Crippen molar-refractivity contribution in [2.45, 2.75) is 104 Å². The molecule has 1 rings (SSSR count). The molecule has 6 N–H and O–H groups in total. The van der Waals surface area contributed by atoms with E-state index in [0.717, 1.165) is 5.56 Å². The van der Waals surface area contributed by atoms with E-state index in [-0.39, 0.29) is 23.6 Å². The lowest BCUT2D eigenvalue weighted by Gasteiger charge is -2.40. The van der Waals surface area contributed by atoms with Crippen LogP contribution in [0.5, 0.6) is 0 Å². The molecular weight excluding hydrogens is 546 g/mol. The Labute approximate surface area is 258 Å². The molecule has 0 aliphatic carbocycles. The minimum absolute atomic E-state index is 0.00685. The molecule has 1 aromatic rings. The molecule has 1 aromatic carbocycles. The lowest BCUT2D eigenvalue weighted by atomic mass is 9.76. The van der Waals surface area contributed by atoms with E-state index in [4.69, 9.17) is 10.8 Å². The van der Waals surface area contributed by atoms with Gasteiger partial charge in [0.25, 0.3) is 0 Å². The Bertz CT molecular complexity index is 1110.